The largest absolute Gasteiger partial charge is 0.384 e. The molecule has 1 amide bonds. The normalized spacial score (nSPS) is 17.9. The third kappa shape index (κ3) is 4.28. The minimum absolute atomic E-state index is 0.0505. The molecule has 1 aliphatic rings. The van der Waals surface area contributed by atoms with Crippen LogP contribution in [0.3, 0.4) is 0 Å². The van der Waals surface area contributed by atoms with Crippen LogP contribution in [0.2, 0.25) is 0 Å². The lowest BCUT2D eigenvalue weighted by molar-refractivity contribution is -0.122. The predicted octanol–water partition coefficient (Wildman–Crippen LogP) is -0.199. The van der Waals surface area contributed by atoms with Crippen LogP contribution in [-0.4, -0.2) is 54.3 Å². The second-order valence-electron chi connectivity index (χ2n) is 5.38. The van der Waals surface area contributed by atoms with Gasteiger partial charge in [-0.2, -0.15) is 0 Å². The van der Waals surface area contributed by atoms with E-state index in [0.29, 0.717) is 26.1 Å². The molecule has 2 rings (SSSR count). The Balaban J connectivity index is 1.75. The molecule has 7 heteroatoms. The lowest BCUT2D eigenvalue weighted by Crippen LogP contribution is -2.47. The van der Waals surface area contributed by atoms with E-state index in [1.807, 2.05) is 0 Å². The summed E-state index contributed by atoms with van der Waals surface area (Å²) in [6, 6.07) is 0. The van der Waals surface area contributed by atoms with Crippen molar-refractivity contribution in [2.24, 2.45) is 5.41 Å². The van der Waals surface area contributed by atoms with E-state index in [1.54, 1.807) is 24.2 Å². The summed E-state index contributed by atoms with van der Waals surface area (Å²) in [5.74, 6) is 0.0505. The third-order valence-corrected chi connectivity index (χ3v) is 3.82. The molecule has 1 aliphatic heterocycles. The zero-order chi connectivity index (χ0) is 14.3. The van der Waals surface area contributed by atoms with Gasteiger partial charge >= 0.3 is 0 Å². The molecule has 0 spiro atoms. The quantitative estimate of drug-likeness (QED) is 0.723. The number of nitrogens with one attached hydrogen (secondary N) is 2. The van der Waals surface area contributed by atoms with Crippen LogP contribution in [-0.2, 0) is 16.1 Å². The molecule has 20 heavy (non-hydrogen) atoms. The summed E-state index contributed by atoms with van der Waals surface area (Å²) < 4.78 is 7.00. The molecule has 2 heterocycles. The topological polar surface area (TPSA) is 81.1 Å². The van der Waals surface area contributed by atoms with Crippen molar-refractivity contribution in [1.82, 2.24) is 25.6 Å². The van der Waals surface area contributed by atoms with Crippen molar-refractivity contribution in [2.45, 2.75) is 25.8 Å². The summed E-state index contributed by atoms with van der Waals surface area (Å²) in [7, 11) is 1.72. The van der Waals surface area contributed by atoms with Crippen molar-refractivity contribution in [1.29, 1.82) is 0 Å². The number of aromatic nitrogens is 3. The second-order valence-corrected chi connectivity index (χ2v) is 5.38. The number of amides is 1. The Labute approximate surface area is 119 Å². The van der Waals surface area contributed by atoms with Gasteiger partial charge in [-0.1, -0.05) is 5.21 Å². The van der Waals surface area contributed by atoms with Crippen LogP contribution < -0.4 is 10.6 Å². The van der Waals surface area contributed by atoms with Gasteiger partial charge in [0.05, 0.1) is 19.3 Å². The smallest absolute Gasteiger partial charge is 0.221 e. The van der Waals surface area contributed by atoms with E-state index in [2.05, 4.69) is 20.9 Å². The standard InChI is InChI=1S/C13H23N5O2/c1-20-11-13(3-5-14-6-4-13)10-15-12(19)2-8-18-9-7-16-17-18/h7,9,14H,2-6,8,10-11H2,1H3,(H,15,19). The van der Waals surface area contributed by atoms with Gasteiger partial charge in [-0.15, -0.1) is 5.10 Å². The Morgan fingerprint density at radius 1 is 1.50 bits per heavy atom. The van der Waals surface area contributed by atoms with Gasteiger partial charge in [0, 0.05) is 31.7 Å². The minimum atomic E-state index is 0.0505. The molecule has 0 radical (unpaired) electrons. The molecule has 0 aliphatic carbocycles. The van der Waals surface area contributed by atoms with E-state index in [-0.39, 0.29) is 11.3 Å². The molecule has 0 saturated carbocycles. The molecule has 0 bridgehead atoms. The van der Waals surface area contributed by atoms with E-state index in [1.165, 1.54) is 0 Å². The van der Waals surface area contributed by atoms with E-state index in [0.717, 1.165) is 25.9 Å². The van der Waals surface area contributed by atoms with Crippen LogP contribution >= 0.6 is 0 Å². The fourth-order valence-corrected chi connectivity index (χ4v) is 2.58. The van der Waals surface area contributed by atoms with Crippen molar-refractivity contribution in [2.75, 3.05) is 33.4 Å². The Hall–Kier alpha value is -1.47. The summed E-state index contributed by atoms with van der Waals surface area (Å²) >= 11 is 0. The molecule has 1 fully saturated rings. The lowest BCUT2D eigenvalue weighted by Gasteiger charge is -2.37. The van der Waals surface area contributed by atoms with Gasteiger partial charge in [0.1, 0.15) is 0 Å². The summed E-state index contributed by atoms with van der Waals surface area (Å²) in [6.07, 6.45) is 5.85. The average molecular weight is 281 g/mol. The maximum Gasteiger partial charge on any atom is 0.221 e. The summed E-state index contributed by atoms with van der Waals surface area (Å²) in [6.45, 7) is 3.90. The Morgan fingerprint density at radius 2 is 2.30 bits per heavy atom. The molecule has 7 nitrogen and oxygen atoms in total. The number of piperidine rings is 1. The van der Waals surface area contributed by atoms with Gasteiger partial charge in [-0.25, -0.2) is 0 Å². The van der Waals surface area contributed by atoms with Gasteiger partial charge in [-0.05, 0) is 25.9 Å². The molecule has 1 aromatic rings. The highest BCUT2D eigenvalue weighted by Gasteiger charge is 2.32. The first-order chi connectivity index (χ1) is 9.74. The molecule has 0 atom stereocenters. The second kappa shape index (κ2) is 7.35. The maximum atomic E-state index is 11.9. The fraction of sp³-hybridized carbons (Fsp3) is 0.769. The zero-order valence-electron chi connectivity index (χ0n) is 12.0. The highest BCUT2D eigenvalue weighted by atomic mass is 16.5. The molecule has 1 saturated heterocycles. The Kier molecular flexibility index (Phi) is 5.49. The van der Waals surface area contributed by atoms with Crippen molar-refractivity contribution >= 4 is 5.91 Å². The number of rotatable bonds is 7. The number of carbonyl (C=O) groups excluding carboxylic acids is 1. The van der Waals surface area contributed by atoms with Gasteiger partial charge < -0.3 is 15.4 Å². The van der Waals surface area contributed by atoms with Crippen LogP contribution in [0.15, 0.2) is 12.4 Å². The summed E-state index contributed by atoms with van der Waals surface area (Å²) in [5.41, 5.74) is 0.0723. The van der Waals surface area contributed by atoms with E-state index in [4.69, 9.17) is 4.74 Å². The van der Waals surface area contributed by atoms with Gasteiger partial charge in [-0.3, -0.25) is 9.48 Å². The van der Waals surface area contributed by atoms with Gasteiger partial charge in [0.2, 0.25) is 5.91 Å². The highest BCUT2D eigenvalue weighted by Crippen LogP contribution is 2.28. The average Bonchev–Trinajstić information content (AvgIpc) is 2.98. The molecule has 112 valence electrons. The first-order valence-corrected chi connectivity index (χ1v) is 7.05. The molecule has 1 aromatic heterocycles. The molecular weight excluding hydrogens is 258 g/mol. The van der Waals surface area contributed by atoms with Crippen molar-refractivity contribution in [3.05, 3.63) is 12.4 Å². The van der Waals surface area contributed by atoms with Gasteiger partial charge in [0.25, 0.3) is 0 Å². The van der Waals surface area contributed by atoms with Crippen molar-refractivity contribution in [3.8, 4) is 0 Å². The van der Waals surface area contributed by atoms with E-state index < -0.39 is 0 Å². The summed E-state index contributed by atoms with van der Waals surface area (Å²) in [5, 5.41) is 13.9. The zero-order valence-corrected chi connectivity index (χ0v) is 12.0. The van der Waals surface area contributed by atoms with Crippen molar-refractivity contribution < 1.29 is 9.53 Å². The number of aryl methyl sites for hydroxylation is 1. The number of hydrogen-bond acceptors (Lipinski definition) is 5. The first-order valence-electron chi connectivity index (χ1n) is 7.05. The lowest BCUT2D eigenvalue weighted by atomic mass is 9.79. The first kappa shape index (κ1) is 14.9. The number of ether oxygens (including phenoxy) is 1. The van der Waals surface area contributed by atoms with Gasteiger partial charge in [0.15, 0.2) is 0 Å². The number of carbonyl (C=O) groups is 1. The monoisotopic (exact) mass is 281 g/mol. The molecule has 2 N–H and O–H groups in total. The van der Waals surface area contributed by atoms with Crippen LogP contribution in [0.1, 0.15) is 19.3 Å². The highest BCUT2D eigenvalue weighted by molar-refractivity contribution is 5.75. The van der Waals surface area contributed by atoms with E-state index >= 15 is 0 Å². The SMILES string of the molecule is COCC1(CNC(=O)CCn2ccnn2)CCNCC1. The predicted molar refractivity (Wildman–Crippen MR) is 74.1 cm³/mol. The number of methoxy groups -OCH3 is 1. The molecular formula is C13H23N5O2. The Bertz CT molecular complexity index is 395. The molecule has 0 unspecified atom stereocenters. The fourth-order valence-electron chi connectivity index (χ4n) is 2.58. The van der Waals surface area contributed by atoms with Crippen LogP contribution in [0.5, 0.6) is 0 Å². The Morgan fingerprint density at radius 3 is 2.95 bits per heavy atom. The third-order valence-electron chi connectivity index (χ3n) is 3.82. The van der Waals surface area contributed by atoms with Crippen LogP contribution in [0, 0.1) is 5.41 Å². The number of nitrogens with zero attached hydrogens (tertiary/aromatic N) is 3. The number of hydrogen-bond donors (Lipinski definition) is 2. The van der Waals surface area contributed by atoms with Crippen molar-refractivity contribution in [3.63, 3.8) is 0 Å². The minimum Gasteiger partial charge on any atom is -0.384 e. The van der Waals surface area contributed by atoms with Crippen LogP contribution in [0.4, 0.5) is 0 Å². The van der Waals surface area contributed by atoms with E-state index in [9.17, 15) is 4.79 Å². The molecule has 0 aromatic carbocycles. The summed E-state index contributed by atoms with van der Waals surface area (Å²) in [4.78, 5) is 11.9. The van der Waals surface area contributed by atoms with Crippen LogP contribution in [0.25, 0.3) is 0 Å². The maximum absolute atomic E-state index is 11.9.